The number of thiazole rings is 1. The van der Waals surface area contributed by atoms with Crippen LogP contribution in [-0.2, 0) is 9.59 Å². The molecule has 0 bridgehead atoms. The van der Waals surface area contributed by atoms with Gasteiger partial charge in [0.2, 0.25) is 0 Å². The zero-order valence-electron chi connectivity index (χ0n) is 26.1. The van der Waals surface area contributed by atoms with E-state index >= 15 is 0 Å². The second kappa shape index (κ2) is 14.7. The third-order valence-electron chi connectivity index (χ3n) is 8.63. The Morgan fingerprint density at radius 1 is 1.08 bits per heavy atom. The topological polar surface area (TPSA) is 116 Å². The van der Waals surface area contributed by atoms with Crippen LogP contribution in [0.2, 0.25) is 5.02 Å². The molecular formula is C33H30ClF3N8O3S. The molecule has 2 saturated heterocycles. The average molecular weight is 711 g/mol. The summed E-state index contributed by atoms with van der Waals surface area (Å²) in [7, 11) is 0. The smallest absolute Gasteiger partial charge is 0.326 e. The Kier molecular flexibility index (Phi) is 10.2. The highest BCUT2D eigenvalue weighted by atomic mass is 35.5. The van der Waals surface area contributed by atoms with Gasteiger partial charge in [-0.3, -0.25) is 9.89 Å². The maximum absolute atomic E-state index is 14.1. The number of aliphatic imine (C=N–C) groups is 1. The van der Waals surface area contributed by atoms with Crippen LogP contribution in [0, 0.1) is 12.7 Å². The molecule has 0 aliphatic carbocycles. The highest BCUT2D eigenvalue weighted by molar-refractivity contribution is 7.11. The van der Waals surface area contributed by atoms with E-state index in [1.165, 1.54) is 29.7 Å². The number of aryl methyl sites for hydroxylation is 1. The van der Waals surface area contributed by atoms with Gasteiger partial charge in [-0.25, -0.2) is 18.9 Å². The van der Waals surface area contributed by atoms with Crippen molar-refractivity contribution in [1.82, 2.24) is 29.5 Å². The number of aromatic nitrogens is 3. The normalized spacial score (nSPS) is 19.3. The molecule has 1 N–H and O–H groups in total. The van der Waals surface area contributed by atoms with Gasteiger partial charge in [0.15, 0.2) is 10.8 Å². The number of urea groups is 1. The lowest BCUT2D eigenvalue weighted by molar-refractivity contribution is -0.191. The molecule has 11 nitrogen and oxygen atoms in total. The molecule has 7 rings (SSSR count). The first-order valence-corrected chi connectivity index (χ1v) is 16.6. The highest BCUT2D eigenvalue weighted by Gasteiger charge is 2.43. The number of benzene rings is 2. The van der Waals surface area contributed by atoms with Gasteiger partial charge >= 0.3 is 18.7 Å². The lowest BCUT2D eigenvalue weighted by atomic mass is 9.92. The van der Waals surface area contributed by atoms with Gasteiger partial charge in [0, 0.05) is 90.5 Å². The number of rotatable bonds is 6. The highest BCUT2D eigenvalue weighted by Crippen LogP contribution is 2.47. The fourth-order valence-electron chi connectivity index (χ4n) is 6.31. The molecular weight excluding hydrogens is 681 g/mol. The molecule has 2 amide bonds. The zero-order valence-corrected chi connectivity index (χ0v) is 27.7. The monoisotopic (exact) mass is 710 g/mol. The van der Waals surface area contributed by atoms with E-state index in [-0.39, 0.29) is 23.2 Å². The Balaban J connectivity index is 0.00000134. The van der Waals surface area contributed by atoms with Gasteiger partial charge in [-0.2, -0.15) is 23.5 Å². The van der Waals surface area contributed by atoms with Crippen LogP contribution in [0.3, 0.4) is 0 Å². The number of nitrogens with zero attached hydrogens (tertiary/aromatic N) is 7. The molecule has 254 valence electrons. The largest absolute Gasteiger partial charge is 0.373 e. The van der Waals surface area contributed by atoms with Crippen molar-refractivity contribution in [2.24, 2.45) is 4.99 Å². The van der Waals surface area contributed by atoms with Crippen molar-refractivity contribution < 1.29 is 27.6 Å². The van der Waals surface area contributed by atoms with E-state index < -0.39 is 18.4 Å². The van der Waals surface area contributed by atoms with Crippen molar-refractivity contribution >= 4 is 52.2 Å². The van der Waals surface area contributed by atoms with Gasteiger partial charge in [-0.1, -0.05) is 35.4 Å². The standard InChI is InChI=1S/C32H30ClF3N8OS.CO2/c1-19-2-5-21(6-3-19)38-32(45)42-13-11-41(12-14-42)22-17-26-27(25-8-10-44(40-25)31(35)36)28(23-7-4-20(34)16-24(23)33)39-29(43(26)18-22)30-37-9-15-46-30;2-1-3/h2-10,15-16,22,28,31H,11-14,17-18H2,1H3,(H,38,45);/t22-,28-;/m0./s1. The zero-order chi connectivity index (χ0) is 34.7. The molecule has 2 aromatic carbocycles. The fourth-order valence-corrected chi connectivity index (χ4v) is 7.22. The molecule has 3 aliphatic rings. The van der Waals surface area contributed by atoms with E-state index in [4.69, 9.17) is 26.2 Å². The minimum atomic E-state index is -2.81. The Labute approximate surface area is 288 Å². The van der Waals surface area contributed by atoms with Crippen molar-refractivity contribution in [3.63, 3.8) is 0 Å². The van der Waals surface area contributed by atoms with Crippen molar-refractivity contribution in [2.75, 3.05) is 38.0 Å². The first-order valence-electron chi connectivity index (χ1n) is 15.3. The summed E-state index contributed by atoms with van der Waals surface area (Å²) in [5.41, 5.74) is 4.30. The quantitative estimate of drug-likeness (QED) is 0.258. The van der Waals surface area contributed by atoms with E-state index in [2.05, 4.69) is 25.2 Å². The van der Waals surface area contributed by atoms with Crippen LogP contribution in [0.5, 0.6) is 0 Å². The number of hydrogen-bond acceptors (Lipinski definition) is 9. The van der Waals surface area contributed by atoms with Crippen LogP contribution in [0.15, 0.2) is 77.0 Å². The van der Waals surface area contributed by atoms with Gasteiger partial charge in [0.05, 0.1) is 5.69 Å². The maximum atomic E-state index is 14.1. The number of carbonyl (C=O) groups excluding carboxylic acids is 3. The van der Waals surface area contributed by atoms with Crippen LogP contribution in [-0.4, -0.2) is 86.2 Å². The first-order chi connectivity index (χ1) is 23.7. The lowest BCUT2D eigenvalue weighted by Crippen LogP contribution is -2.53. The van der Waals surface area contributed by atoms with Crippen LogP contribution >= 0.6 is 22.9 Å². The van der Waals surface area contributed by atoms with Crippen molar-refractivity contribution in [1.29, 1.82) is 0 Å². The number of nitrogens with one attached hydrogen (secondary N) is 1. The molecule has 0 radical (unpaired) electrons. The molecule has 0 saturated carbocycles. The summed E-state index contributed by atoms with van der Waals surface area (Å²) < 4.78 is 42.1. The molecule has 16 heteroatoms. The van der Waals surface area contributed by atoms with Crippen molar-refractivity contribution in [2.45, 2.75) is 32.0 Å². The van der Waals surface area contributed by atoms with Gasteiger partial charge in [-0.15, -0.1) is 11.3 Å². The minimum Gasteiger partial charge on any atom is -0.326 e. The van der Waals surface area contributed by atoms with E-state index in [1.807, 2.05) is 41.5 Å². The molecule has 0 unspecified atom stereocenters. The van der Waals surface area contributed by atoms with Gasteiger partial charge in [0.25, 0.3) is 0 Å². The SMILES string of the molecule is Cc1ccc(NC(=O)N2CCN([C@H]3CC4=C(c5ccn(C(F)F)n5)[C@H](c5ccc(F)cc5Cl)N=C(c5nccs5)N4C3)CC2)cc1.O=C=O. The number of fused-ring (bicyclic) bond motifs is 1. The summed E-state index contributed by atoms with van der Waals surface area (Å²) >= 11 is 8.03. The second-order valence-corrected chi connectivity index (χ2v) is 12.9. The molecule has 5 heterocycles. The van der Waals surface area contributed by atoms with Gasteiger partial charge < -0.3 is 15.1 Å². The van der Waals surface area contributed by atoms with E-state index in [1.54, 1.807) is 18.3 Å². The van der Waals surface area contributed by atoms with Gasteiger partial charge in [-0.05, 0) is 37.3 Å². The summed E-state index contributed by atoms with van der Waals surface area (Å²) in [6, 6.07) is 12.6. The third kappa shape index (κ3) is 7.30. The second-order valence-electron chi connectivity index (χ2n) is 11.5. The summed E-state index contributed by atoms with van der Waals surface area (Å²) in [4.78, 5) is 45.2. The predicted molar refractivity (Wildman–Crippen MR) is 177 cm³/mol. The average Bonchev–Trinajstić information content (AvgIpc) is 3.88. The summed E-state index contributed by atoms with van der Waals surface area (Å²) in [5.74, 6) is 0.158. The Morgan fingerprint density at radius 3 is 2.45 bits per heavy atom. The molecule has 2 fully saturated rings. The number of amides is 2. The molecule has 49 heavy (non-hydrogen) atoms. The molecule has 2 atom stereocenters. The van der Waals surface area contributed by atoms with Crippen LogP contribution in [0.4, 0.5) is 23.7 Å². The van der Waals surface area contributed by atoms with Crippen LogP contribution in [0.25, 0.3) is 5.57 Å². The molecule has 4 aromatic rings. The molecule has 0 spiro atoms. The van der Waals surface area contributed by atoms with Crippen LogP contribution in [0.1, 0.15) is 40.8 Å². The lowest BCUT2D eigenvalue weighted by Gasteiger charge is -2.37. The summed E-state index contributed by atoms with van der Waals surface area (Å²) in [6.45, 7) is 2.22. The van der Waals surface area contributed by atoms with E-state index in [9.17, 15) is 18.0 Å². The van der Waals surface area contributed by atoms with Gasteiger partial charge in [0.1, 0.15) is 11.9 Å². The third-order valence-corrected chi connectivity index (χ3v) is 9.72. The van der Waals surface area contributed by atoms with E-state index in [0.29, 0.717) is 71.5 Å². The first kappa shape index (κ1) is 34.1. The maximum Gasteiger partial charge on any atom is 0.373 e. The number of hydrogen-bond donors (Lipinski definition) is 1. The number of amidine groups is 1. The summed E-state index contributed by atoms with van der Waals surface area (Å²) in [5, 5.41) is 9.97. The molecule has 2 aromatic heterocycles. The number of anilines is 1. The van der Waals surface area contributed by atoms with Crippen molar-refractivity contribution in [3.05, 3.63) is 105 Å². The fraction of sp³-hybridized carbons (Fsp3) is 0.303. The predicted octanol–water partition coefficient (Wildman–Crippen LogP) is 6.09. The Hall–Kier alpha value is -4.82. The number of halogens is 4. The van der Waals surface area contributed by atoms with E-state index in [0.717, 1.165) is 16.9 Å². The Morgan fingerprint density at radius 2 is 1.82 bits per heavy atom. The number of piperazine rings is 1. The number of alkyl halides is 2. The van der Waals surface area contributed by atoms with Crippen LogP contribution < -0.4 is 5.32 Å². The minimum absolute atomic E-state index is 0.0529. The molecule has 3 aliphatic heterocycles. The Bertz CT molecular complexity index is 1900. The number of carbonyl (C=O) groups is 1. The summed E-state index contributed by atoms with van der Waals surface area (Å²) in [6.07, 6.45) is 3.79. The van der Waals surface area contributed by atoms with Crippen molar-refractivity contribution in [3.8, 4) is 0 Å².